The molecule has 1 N–H and O–H groups in total. The van der Waals surface area contributed by atoms with Crippen molar-refractivity contribution < 1.29 is 5.11 Å². The summed E-state index contributed by atoms with van der Waals surface area (Å²) in [6.07, 6.45) is 1.31. The number of hydrogen-bond donors (Lipinski definition) is 1. The van der Waals surface area contributed by atoms with Gasteiger partial charge in [0.1, 0.15) is 0 Å². The van der Waals surface area contributed by atoms with Crippen LogP contribution in [0.2, 0.25) is 0 Å². The van der Waals surface area contributed by atoms with Crippen molar-refractivity contribution in [1.82, 2.24) is 8.99 Å². The topological polar surface area (TPSA) is 45.5 Å². The number of β-amino-alcohol motifs (C(OH)–C–C–N with tert-alkyl or cyclic N) is 1. The first-order valence-corrected chi connectivity index (χ1v) is 7.19. The maximum absolute atomic E-state index is 12.2. The van der Waals surface area contributed by atoms with Crippen molar-refractivity contribution in [2.75, 3.05) is 19.6 Å². The van der Waals surface area contributed by atoms with Gasteiger partial charge in [-0.25, -0.2) is 4.09 Å². The third-order valence-corrected chi connectivity index (χ3v) is 4.25. The van der Waals surface area contributed by atoms with Gasteiger partial charge in [0.15, 0.2) is 0 Å². The molecule has 1 aliphatic rings. The summed E-state index contributed by atoms with van der Waals surface area (Å²) in [6.45, 7) is 2.42. The van der Waals surface area contributed by atoms with Crippen LogP contribution in [0, 0.1) is 0 Å². The van der Waals surface area contributed by atoms with Gasteiger partial charge in [-0.2, -0.15) is 0 Å². The molecule has 3 rings (SSSR count). The average Bonchev–Trinajstić information content (AvgIpc) is 2.87. The van der Waals surface area contributed by atoms with Gasteiger partial charge < -0.3 is 10.0 Å². The maximum atomic E-state index is 12.2. The fraction of sp³-hybridized carbons (Fsp3) is 0.400. The second-order valence-electron chi connectivity index (χ2n) is 5.30. The Kier molecular flexibility index (Phi) is 3.78. The molecule has 0 radical (unpaired) electrons. The fourth-order valence-electron chi connectivity index (χ4n) is 2.75. The van der Waals surface area contributed by atoms with Gasteiger partial charge in [0.25, 0.3) is 5.56 Å². The van der Waals surface area contributed by atoms with Crippen LogP contribution in [-0.4, -0.2) is 39.8 Å². The lowest BCUT2D eigenvalue weighted by molar-refractivity contribution is 0.176. The molecular weight excluding hydrogens is 276 g/mol. The van der Waals surface area contributed by atoms with E-state index in [0.29, 0.717) is 18.4 Å². The molecule has 20 heavy (non-hydrogen) atoms. The molecule has 0 spiro atoms. The van der Waals surface area contributed by atoms with Crippen LogP contribution in [0.1, 0.15) is 12.1 Å². The van der Waals surface area contributed by atoms with E-state index in [1.807, 2.05) is 24.3 Å². The molecule has 5 heteroatoms. The highest BCUT2D eigenvalue weighted by molar-refractivity contribution is 6.16. The van der Waals surface area contributed by atoms with E-state index in [1.54, 1.807) is 6.07 Å². The minimum atomic E-state index is -0.218. The van der Waals surface area contributed by atoms with E-state index in [4.69, 9.17) is 11.8 Å². The molecule has 1 aromatic heterocycles. The van der Waals surface area contributed by atoms with E-state index in [-0.39, 0.29) is 11.7 Å². The van der Waals surface area contributed by atoms with Crippen molar-refractivity contribution in [3.63, 3.8) is 0 Å². The molecule has 0 amide bonds. The Morgan fingerprint density at radius 3 is 2.90 bits per heavy atom. The third kappa shape index (κ3) is 2.59. The number of hydrogen-bond acceptors (Lipinski definition) is 3. The van der Waals surface area contributed by atoms with E-state index in [0.717, 1.165) is 30.6 Å². The monoisotopic (exact) mass is 292 g/mol. The number of rotatable bonds is 3. The Hall–Kier alpha value is -1.36. The summed E-state index contributed by atoms with van der Waals surface area (Å²) in [7, 11) is 0. The molecule has 2 heterocycles. The summed E-state index contributed by atoms with van der Waals surface area (Å²) >= 11 is 6.12. The molecule has 1 fully saturated rings. The summed E-state index contributed by atoms with van der Waals surface area (Å²) in [4.78, 5) is 14.4. The first-order chi connectivity index (χ1) is 9.65. The number of benzene rings is 1. The van der Waals surface area contributed by atoms with Gasteiger partial charge in [-0.3, -0.25) is 4.79 Å². The normalized spacial score (nSPS) is 19.8. The van der Waals surface area contributed by atoms with Crippen molar-refractivity contribution in [1.29, 1.82) is 0 Å². The molecular formula is C15H17ClN2O2. The Morgan fingerprint density at radius 1 is 1.35 bits per heavy atom. The number of likely N-dealkylation sites (tertiary alicyclic amines) is 1. The predicted octanol–water partition coefficient (Wildman–Crippen LogP) is 1.61. The van der Waals surface area contributed by atoms with Crippen LogP contribution >= 0.6 is 11.8 Å². The predicted molar refractivity (Wildman–Crippen MR) is 80.2 cm³/mol. The molecule has 0 aliphatic carbocycles. The molecule has 1 aromatic carbocycles. The maximum Gasteiger partial charge on any atom is 0.273 e. The summed E-state index contributed by atoms with van der Waals surface area (Å²) in [6, 6.07) is 9.44. The zero-order valence-electron chi connectivity index (χ0n) is 11.1. The van der Waals surface area contributed by atoms with E-state index < -0.39 is 0 Å². The smallest absolute Gasteiger partial charge is 0.273 e. The van der Waals surface area contributed by atoms with Crippen molar-refractivity contribution in [3.05, 3.63) is 46.4 Å². The first kappa shape index (κ1) is 13.6. The number of aliphatic hydroxyl groups is 1. The van der Waals surface area contributed by atoms with Crippen LogP contribution in [-0.2, 0) is 6.42 Å². The van der Waals surface area contributed by atoms with E-state index in [9.17, 15) is 9.90 Å². The zero-order chi connectivity index (χ0) is 14.1. The van der Waals surface area contributed by atoms with Crippen LogP contribution in [0.25, 0.3) is 10.8 Å². The standard InChI is InChI=1S/C15H17ClN2O2/c16-18-12(5-7-17-8-6-13(19)10-17)9-11-3-1-2-4-14(11)15(18)20/h1-4,9,13,19H,5-8,10H2. The minimum Gasteiger partial charge on any atom is -0.392 e. The summed E-state index contributed by atoms with van der Waals surface area (Å²) in [5.74, 6) is 0. The van der Waals surface area contributed by atoms with Crippen LogP contribution in [0.15, 0.2) is 35.1 Å². The van der Waals surface area contributed by atoms with Gasteiger partial charge >= 0.3 is 0 Å². The Balaban J connectivity index is 1.84. The second-order valence-corrected chi connectivity index (χ2v) is 5.64. The number of nitrogens with zero attached hydrogens (tertiary/aromatic N) is 2. The van der Waals surface area contributed by atoms with Crippen molar-refractivity contribution in [2.45, 2.75) is 18.9 Å². The van der Waals surface area contributed by atoms with Crippen LogP contribution < -0.4 is 5.56 Å². The molecule has 1 atom stereocenters. The third-order valence-electron chi connectivity index (χ3n) is 3.88. The SMILES string of the molecule is O=c1c2ccccc2cc(CCN2CCC(O)C2)n1Cl. The van der Waals surface area contributed by atoms with E-state index in [1.165, 1.54) is 4.09 Å². The molecule has 4 nitrogen and oxygen atoms in total. The largest absolute Gasteiger partial charge is 0.392 e. The van der Waals surface area contributed by atoms with Gasteiger partial charge in [0.2, 0.25) is 0 Å². The van der Waals surface area contributed by atoms with Crippen molar-refractivity contribution >= 4 is 22.5 Å². The highest BCUT2D eigenvalue weighted by Gasteiger charge is 2.20. The number of aromatic nitrogens is 1. The molecule has 2 aromatic rings. The Labute approximate surface area is 122 Å². The van der Waals surface area contributed by atoms with Crippen molar-refractivity contribution in [3.8, 4) is 0 Å². The number of pyridine rings is 1. The van der Waals surface area contributed by atoms with Gasteiger partial charge in [-0.05, 0) is 23.9 Å². The molecule has 1 saturated heterocycles. The molecule has 1 unspecified atom stereocenters. The van der Waals surface area contributed by atoms with Crippen LogP contribution in [0.5, 0.6) is 0 Å². The molecule has 106 valence electrons. The first-order valence-electron chi connectivity index (χ1n) is 6.85. The van der Waals surface area contributed by atoms with E-state index >= 15 is 0 Å². The zero-order valence-corrected chi connectivity index (χ0v) is 11.9. The number of fused-ring (bicyclic) bond motifs is 1. The summed E-state index contributed by atoms with van der Waals surface area (Å²) in [5.41, 5.74) is 0.651. The fourth-order valence-corrected chi connectivity index (χ4v) is 2.97. The Morgan fingerprint density at radius 2 is 2.15 bits per heavy atom. The lowest BCUT2D eigenvalue weighted by Crippen LogP contribution is -2.26. The van der Waals surface area contributed by atoms with Gasteiger partial charge in [-0.15, -0.1) is 0 Å². The highest BCUT2D eigenvalue weighted by atomic mass is 35.5. The molecule has 0 bridgehead atoms. The van der Waals surface area contributed by atoms with Gasteiger partial charge in [0, 0.05) is 48.9 Å². The second kappa shape index (κ2) is 5.56. The number of aliphatic hydroxyl groups excluding tert-OH is 1. The lowest BCUT2D eigenvalue weighted by atomic mass is 10.1. The number of halogens is 1. The van der Waals surface area contributed by atoms with Gasteiger partial charge in [0.05, 0.1) is 6.10 Å². The van der Waals surface area contributed by atoms with Gasteiger partial charge in [-0.1, -0.05) is 18.2 Å². The van der Waals surface area contributed by atoms with Crippen molar-refractivity contribution in [2.24, 2.45) is 0 Å². The van der Waals surface area contributed by atoms with Crippen LogP contribution in [0.3, 0.4) is 0 Å². The van der Waals surface area contributed by atoms with Crippen LogP contribution in [0.4, 0.5) is 0 Å². The highest BCUT2D eigenvalue weighted by Crippen LogP contribution is 2.15. The minimum absolute atomic E-state index is 0.166. The molecule has 0 saturated carbocycles. The quantitative estimate of drug-likeness (QED) is 0.935. The Bertz CT molecular complexity index is 683. The van der Waals surface area contributed by atoms with E-state index in [2.05, 4.69) is 4.90 Å². The molecule has 1 aliphatic heterocycles. The summed E-state index contributed by atoms with van der Waals surface area (Å²) in [5, 5.41) is 11.1. The summed E-state index contributed by atoms with van der Waals surface area (Å²) < 4.78 is 1.22. The lowest BCUT2D eigenvalue weighted by Gasteiger charge is -2.15. The average molecular weight is 293 g/mol.